The van der Waals surface area contributed by atoms with Crippen LogP contribution in [-0.4, -0.2) is 54.1 Å². The number of hydrogen-bond acceptors (Lipinski definition) is 5. The predicted octanol–water partition coefficient (Wildman–Crippen LogP) is 2.66. The summed E-state index contributed by atoms with van der Waals surface area (Å²) in [5.41, 5.74) is 3.09. The van der Waals surface area contributed by atoms with Crippen molar-refractivity contribution >= 4 is 17.8 Å². The van der Waals surface area contributed by atoms with E-state index in [1.54, 1.807) is 11.0 Å². The standard InChI is InChI=1S/C22H26N2O5/c1-15-13-19(16(2)24(15)18-7-5-4-6-8-18)22(27)29-14-20(25)23-11-9-17(10-12-23)21(26)28-3/h4-8,13,17H,9-12,14H2,1-3H3. The zero-order valence-corrected chi connectivity index (χ0v) is 17.0. The van der Waals surface area contributed by atoms with Gasteiger partial charge in [0.15, 0.2) is 6.61 Å². The maximum atomic E-state index is 12.6. The fraction of sp³-hybridized carbons (Fsp3) is 0.409. The Morgan fingerprint density at radius 2 is 1.72 bits per heavy atom. The summed E-state index contributed by atoms with van der Waals surface area (Å²) < 4.78 is 12.0. The molecule has 1 fully saturated rings. The van der Waals surface area contributed by atoms with Crippen molar-refractivity contribution in [2.45, 2.75) is 26.7 Å². The number of likely N-dealkylation sites (tertiary alicyclic amines) is 1. The van der Waals surface area contributed by atoms with Gasteiger partial charge in [-0.3, -0.25) is 9.59 Å². The Morgan fingerprint density at radius 1 is 1.07 bits per heavy atom. The molecule has 1 aliphatic heterocycles. The van der Waals surface area contributed by atoms with Gasteiger partial charge in [-0.2, -0.15) is 0 Å². The molecule has 0 radical (unpaired) electrons. The number of hydrogen-bond donors (Lipinski definition) is 0. The summed E-state index contributed by atoms with van der Waals surface area (Å²) in [7, 11) is 1.37. The lowest BCUT2D eigenvalue weighted by atomic mass is 9.97. The Balaban J connectivity index is 1.59. The highest BCUT2D eigenvalue weighted by Gasteiger charge is 2.28. The summed E-state index contributed by atoms with van der Waals surface area (Å²) in [6.45, 7) is 4.39. The van der Waals surface area contributed by atoms with Crippen molar-refractivity contribution < 1.29 is 23.9 Å². The van der Waals surface area contributed by atoms with Crippen LogP contribution in [0.5, 0.6) is 0 Å². The second-order valence-corrected chi connectivity index (χ2v) is 7.21. The summed E-state index contributed by atoms with van der Waals surface area (Å²) in [6.07, 6.45) is 1.12. The molecule has 0 spiro atoms. The van der Waals surface area contributed by atoms with Crippen LogP contribution in [0.25, 0.3) is 5.69 Å². The average molecular weight is 398 g/mol. The summed E-state index contributed by atoms with van der Waals surface area (Å²) in [4.78, 5) is 38.2. The van der Waals surface area contributed by atoms with Crippen LogP contribution in [0, 0.1) is 19.8 Å². The SMILES string of the molecule is COC(=O)C1CCN(C(=O)COC(=O)c2cc(C)n(-c3ccccc3)c2C)CC1. The number of ether oxygens (including phenoxy) is 2. The lowest BCUT2D eigenvalue weighted by Gasteiger charge is -2.30. The van der Waals surface area contributed by atoms with Crippen molar-refractivity contribution in [1.29, 1.82) is 0 Å². The Hall–Kier alpha value is -3.09. The van der Waals surface area contributed by atoms with Gasteiger partial charge in [-0.15, -0.1) is 0 Å². The molecule has 29 heavy (non-hydrogen) atoms. The van der Waals surface area contributed by atoms with Crippen LogP contribution in [0.4, 0.5) is 0 Å². The Kier molecular flexibility index (Phi) is 6.36. The molecule has 0 aliphatic carbocycles. The first kappa shape index (κ1) is 20.6. The normalized spacial score (nSPS) is 14.5. The van der Waals surface area contributed by atoms with Gasteiger partial charge in [0.2, 0.25) is 0 Å². The first-order valence-electron chi connectivity index (χ1n) is 9.69. The van der Waals surface area contributed by atoms with Crippen LogP contribution in [0.3, 0.4) is 0 Å². The van der Waals surface area contributed by atoms with E-state index in [4.69, 9.17) is 9.47 Å². The highest BCUT2D eigenvalue weighted by molar-refractivity contribution is 5.93. The third kappa shape index (κ3) is 4.50. The van der Waals surface area contributed by atoms with Crippen molar-refractivity contribution in [3.63, 3.8) is 0 Å². The van der Waals surface area contributed by atoms with Gasteiger partial charge in [0.05, 0.1) is 18.6 Å². The van der Waals surface area contributed by atoms with Crippen LogP contribution >= 0.6 is 0 Å². The zero-order valence-electron chi connectivity index (χ0n) is 17.0. The molecule has 2 aromatic rings. The number of carbonyl (C=O) groups excluding carboxylic acids is 3. The van der Waals surface area contributed by atoms with Crippen molar-refractivity contribution in [3.05, 3.63) is 53.3 Å². The Labute approximate surface area is 170 Å². The third-order valence-corrected chi connectivity index (χ3v) is 5.37. The van der Waals surface area contributed by atoms with Crippen LogP contribution in [0.2, 0.25) is 0 Å². The molecule has 7 nitrogen and oxygen atoms in total. The molecule has 1 aromatic heterocycles. The second kappa shape index (κ2) is 8.94. The number of para-hydroxylation sites is 1. The van der Waals surface area contributed by atoms with Gasteiger partial charge in [-0.25, -0.2) is 4.79 Å². The monoisotopic (exact) mass is 398 g/mol. The summed E-state index contributed by atoms with van der Waals surface area (Å²) in [5.74, 6) is -1.18. The van der Waals surface area contributed by atoms with E-state index in [0.29, 0.717) is 31.5 Å². The first-order chi connectivity index (χ1) is 13.9. The summed E-state index contributed by atoms with van der Waals surface area (Å²) in [6, 6.07) is 11.5. The number of aromatic nitrogens is 1. The smallest absolute Gasteiger partial charge is 0.340 e. The van der Waals surface area contributed by atoms with Crippen LogP contribution in [0.1, 0.15) is 34.6 Å². The third-order valence-electron chi connectivity index (χ3n) is 5.37. The minimum atomic E-state index is -0.516. The molecule has 0 atom stereocenters. The van der Waals surface area contributed by atoms with Gasteiger partial charge in [0.25, 0.3) is 5.91 Å². The maximum Gasteiger partial charge on any atom is 0.340 e. The lowest BCUT2D eigenvalue weighted by molar-refractivity contribution is -0.149. The minimum absolute atomic E-state index is 0.171. The topological polar surface area (TPSA) is 77.8 Å². The largest absolute Gasteiger partial charge is 0.469 e. The highest BCUT2D eigenvalue weighted by atomic mass is 16.5. The van der Waals surface area contributed by atoms with E-state index in [2.05, 4.69) is 0 Å². The molecule has 3 rings (SSSR count). The lowest BCUT2D eigenvalue weighted by Crippen LogP contribution is -2.42. The number of piperidine rings is 1. The first-order valence-corrected chi connectivity index (χ1v) is 9.69. The molecule has 0 bridgehead atoms. The van der Waals surface area contributed by atoms with E-state index in [1.807, 2.05) is 48.7 Å². The van der Waals surface area contributed by atoms with Crippen LogP contribution < -0.4 is 0 Å². The second-order valence-electron chi connectivity index (χ2n) is 7.21. The number of esters is 2. The molecule has 154 valence electrons. The molecule has 1 aromatic carbocycles. The predicted molar refractivity (Wildman–Crippen MR) is 107 cm³/mol. The molecule has 7 heteroatoms. The molecule has 1 saturated heterocycles. The maximum absolute atomic E-state index is 12.6. The van der Waals surface area contributed by atoms with Gasteiger partial charge in [-0.05, 0) is 44.9 Å². The molecule has 1 amide bonds. The number of nitrogens with zero attached hydrogens (tertiary/aromatic N) is 2. The number of rotatable bonds is 5. The zero-order chi connectivity index (χ0) is 21.0. The number of aryl methyl sites for hydroxylation is 1. The van der Waals surface area contributed by atoms with Gasteiger partial charge in [0, 0.05) is 30.2 Å². The quantitative estimate of drug-likeness (QED) is 0.724. The number of benzene rings is 1. The van der Waals surface area contributed by atoms with Gasteiger partial charge >= 0.3 is 11.9 Å². The van der Waals surface area contributed by atoms with E-state index in [0.717, 1.165) is 17.1 Å². The fourth-order valence-corrected chi connectivity index (χ4v) is 3.77. The van der Waals surface area contributed by atoms with E-state index in [1.165, 1.54) is 7.11 Å². The molecule has 0 saturated carbocycles. The van der Waals surface area contributed by atoms with Crippen LogP contribution in [-0.2, 0) is 19.1 Å². The van der Waals surface area contributed by atoms with E-state index in [-0.39, 0.29) is 24.4 Å². The average Bonchev–Trinajstić information content (AvgIpc) is 3.05. The van der Waals surface area contributed by atoms with Crippen molar-refractivity contribution in [3.8, 4) is 5.69 Å². The highest BCUT2D eigenvalue weighted by Crippen LogP contribution is 2.22. The molecular formula is C22H26N2O5. The van der Waals surface area contributed by atoms with E-state index < -0.39 is 5.97 Å². The summed E-state index contributed by atoms with van der Waals surface area (Å²) in [5, 5.41) is 0. The molecule has 0 N–H and O–H groups in total. The van der Waals surface area contributed by atoms with Crippen molar-refractivity contribution in [2.75, 3.05) is 26.8 Å². The molecular weight excluding hydrogens is 372 g/mol. The molecule has 1 aliphatic rings. The van der Waals surface area contributed by atoms with Gasteiger partial charge in [-0.1, -0.05) is 18.2 Å². The number of carbonyl (C=O) groups is 3. The van der Waals surface area contributed by atoms with Gasteiger partial charge < -0.3 is 18.9 Å². The Morgan fingerprint density at radius 3 is 2.34 bits per heavy atom. The Bertz CT molecular complexity index is 895. The van der Waals surface area contributed by atoms with Crippen molar-refractivity contribution in [2.24, 2.45) is 5.92 Å². The number of amides is 1. The molecule has 2 heterocycles. The summed E-state index contributed by atoms with van der Waals surface area (Å²) >= 11 is 0. The molecule has 0 unspecified atom stereocenters. The van der Waals surface area contributed by atoms with Crippen molar-refractivity contribution in [1.82, 2.24) is 9.47 Å². The minimum Gasteiger partial charge on any atom is -0.469 e. The van der Waals surface area contributed by atoms with E-state index in [9.17, 15) is 14.4 Å². The van der Waals surface area contributed by atoms with Crippen LogP contribution in [0.15, 0.2) is 36.4 Å². The van der Waals surface area contributed by atoms with E-state index >= 15 is 0 Å². The number of methoxy groups -OCH3 is 1. The van der Waals surface area contributed by atoms with Gasteiger partial charge in [0.1, 0.15) is 0 Å². The fourth-order valence-electron chi connectivity index (χ4n) is 3.77.